The van der Waals surface area contributed by atoms with E-state index in [1.165, 1.54) is 0 Å². The Labute approximate surface area is 210 Å². The number of piperazine rings is 1. The zero-order valence-corrected chi connectivity index (χ0v) is 20.6. The number of nitrogens with one attached hydrogen (secondary N) is 2. The Kier molecular flexibility index (Phi) is 6.11. The van der Waals surface area contributed by atoms with Crippen LogP contribution in [0.4, 0.5) is 17.5 Å². The van der Waals surface area contributed by atoms with Gasteiger partial charge in [-0.15, -0.1) is 0 Å². The summed E-state index contributed by atoms with van der Waals surface area (Å²) in [5.41, 5.74) is 4.43. The summed E-state index contributed by atoms with van der Waals surface area (Å²) in [4.78, 5) is 30.3. The van der Waals surface area contributed by atoms with Gasteiger partial charge in [-0.3, -0.25) is 9.36 Å². The number of pyridine rings is 2. The Morgan fingerprint density at radius 2 is 1.75 bits per heavy atom. The largest absolute Gasteiger partial charge is 0.368 e. The van der Waals surface area contributed by atoms with Crippen molar-refractivity contribution in [2.45, 2.75) is 38.6 Å². The topological polar surface area (TPSA) is 88.0 Å². The van der Waals surface area contributed by atoms with Crippen LogP contribution >= 0.6 is 0 Å². The number of fused-ring (bicyclic) bond motifs is 1. The van der Waals surface area contributed by atoms with Crippen LogP contribution in [0.2, 0.25) is 0 Å². The Morgan fingerprint density at radius 1 is 0.972 bits per heavy atom. The van der Waals surface area contributed by atoms with Gasteiger partial charge in [0.05, 0.1) is 17.4 Å². The van der Waals surface area contributed by atoms with Crippen molar-refractivity contribution in [1.29, 1.82) is 0 Å². The second-order valence-corrected chi connectivity index (χ2v) is 9.67. The first-order chi connectivity index (χ1) is 17.7. The van der Waals surface area contributed by atoms with Gasteiger partial charge in [0.15, 0.2) is 0 Å². The molecule has 2 aliphatic rings. The molecule has 1 saturated carbocycles. The first-order valence-corrected chi connectivity index (χ1v) is 12.8. The molecule has 0 unspecified atom stereocenters. The Morgan fingerprint density at radius 3 is 2.47 bits per heavy atom. The van der Waals surface area contributed by atoms with E-state index in [9.17, 15) is 4.79 Å². The molecule has 1 aliphatic heterocycles. The molecule has 1 aliphatic carbocycles. The second kappa shape index (κ2) is 9.70. The van der Waals surface area contributed by atoms with Crippen molar-refractivity contribution in [3.05, 3.63) is 70.8 Å². The average molecular weight is 482 g/mol. The molecule has 1 aromatic carbocycles. The van der Waals surface area contributed by atoms with Crippen molar-refractivity contribution in [3.8, 4) is 11.1 Å². The van der Waals surface area contributed by atoms with Gasteiger partial charge in [-0.25, -0.2) is 9.97 Å². The van der Waals surface area contributed by atoms with Gasteiger partial charge in [-0.2, -0.15) is 4.98 Å². The molecule has 184 valence electrons. The predicted octanol–water partition coefficient (Wildman–Crippen LogP) is 4.43. The normalized spacial score (nSPS) is 16.5. The molecule has 4 aromatic rings. The van der Waals surface area contributed by atoms with E-state index in [1.807, 2.05) is 60.3 Å². The van der Waals surface area contributed by atoms with E-state index in [2.05, 4.69) is 31.6 Å². The minimum Gasteiger partial charge on any atom is -0.368 e. The zero-order valence-electron chi connectivity index (χ0n) is 20.6. The molecule has 36 heavy (non-hydrogen) atoms. The van der Waals surface area contributed by atoms with Gasteiger partial charge < -0.3 is 15.5 Å². The summed E-state index contributed by atoms with van der Waals surface area (Å²) in [5.74, 6) is 1.13. The number of anilines is 3. The molecule has 0 atom stereocenters. The van der Waals surface area contributed by atoms with Crippen molar-refractivity contribution in [2.75, 3.05) is 36.4 Å². The summed E-state index contributed by atoms with van der Waals surface area (Å²) in [6.07, 6.45) is 7.98. The molecular formula is C28H31N7O. The van der Waals surface area contributed by atoms with Crippen LogP contribution < -0.4 is 21.1 Å². The van der Waals surface area contributed by atoms with E-state index in [4.69, 9.17) is 4.98 Å². The van der Waals surface area contributed by atoms with Crippen LogP contribution in [0.25, 0.3) is 22.2 Å². The first kappa shape index (κ1) is 22.7. The van der Waals surface area contributed by atoms with E-state index in [-0.39, 0.29) is 11.6 Å². The van der Waals surface area contributed by atoms with Crippen molar-refractivity contribution >= 4 is 28.5 Å². The number of nitrogens with zero attached hydrogens (tertiary/aromatic N) is 5. The third kappa shape index (κ3) is 4.22. The molecule has 0 bridgehead atoms. The summed E-state index contributed by atoms with van der Waals surface area (Å²) in [7, 11) is 0. The summed E-state index contributed by atoms with van der Waals surface area (Å²) >= 11 is 0. The highest BCUT2D eigenvalue weighted by atomic mass is 16.1. The Bertz CT molecular complexity index is 1420. The zero-order chi connectivity index (χ0) is 24.5. The minimum atomic E-state index is 0.0289. The van der Waals surface area contributed by atoms with Crippen molar-refractivity contribution in [2.24, 2.45) is 0 Å². The minimum absolute atomic E-state index is 0.0289. The number of aromatic nitrogens is 4. The maximum Gasteiger partial charge on any atom is 0.260 e. The van der Waals surface area contributed by atoms with Gasteiger partial charge in [0.2, 0.25) is 5.95 Å². The molecule has 4 heterocycles. The standard InChI is InChI=1S/C28H31N7O/c1-19-23-18-31-28(32-24-12-11-22(17-30-24)34-15-13-29-14-16-34)33-26(23)35(21-9-5-6-10-21)27(36)25(19)20-7-3-2-4-8-20/h2-4,7-8,11-12,17-18,21,29H,5-6,9-10,13-16H2,1H3,(H,30,31,32,33). The number of benzene rings is 1. The lowest BCUT2D eigenvalue weighted by atomic mass is 9.99. The van der Waals surface area contributed by atoms with E-state index in [0.29, 0.717) is 17.4 Å². The van der Waals surface area contributed by atoms with E-state index in [1.54, 1.807) is 0 Å². The lowest BCUT2D eigenvalue weighted by molar-refractivity contribution is 0.516. The molecule has 8 nitrogen and oxygen atoms in total. The van der Waals surface area contributed by atoms with Gasteiger partial charge in [-0.1, -0.05) is 43.2 Å². The fraction of sp³-hybridized carbons (Fsp3) is 0.357. The van der Waals surface area contributed by atoms with Crippen LogP contribution in [0.5, 0.6) is 0 Å². The third-order valence-corrected chi connectivity index (χ3v) is 7.43. The van der Waals surface area contributed by atoms with Crippen LogP contribution in [-0.2, 0) is 0 Å². The molecule has 8 heteroatoms. The maximum atomic E-state index is 13.9. The van der Waals surface area contributed by atoms with Crippen LogP contribution in [0, 0.1) is 6.92 Å². The second-order valence-electron chi connectivity index (χ2n) is 9.67. The average Bonchev–Trinajstić information content (AvgIpc) is 3.45. The smallest absolute Gasteiger partial charge is 0.260 e. The molecule has 0 spiro atoms. The molecular weight excluding hydrogens is 450 g/mol. The van der Waals surface area contributed by atoms with E-state index < -0.39 is 0 Å². The van der Waals surface area contributed by atoms with Crippen LogP contribution in [0.15, 0.2) is 59.7 Å². The monoisotopic (exact) mass is 481 g/mol. The molecule has 0 radical (unpaired) electrons. The SMILES string of the molecule is Cc1c(-c2ccccc2)c(=O)n(C2CCCC2)c2nc(Nc3ccc(N4CCNCC4)cn3)ncc12. The van der Waals surface area contributed by atoms with Crippen molar-refractivity contribution in [3.63, 3.8) is 0 Å². The molecule has 0 amide bonds. The van der Waals surface area contributed by atoms with Gasteiger partial charge in [0.25, 0.3) is 5.56 Å². The lowest BCUT2D eigenvalue weighted by Crippen LogP contribution is -2.43. The molecule has 1 saturated heterocycles. The Hall–Kier alpha value is -3.78. The van der Waals surface area contributed by atoms with Crippen molar-refractivity contribution < 1.29 is 0 Å². The van der Waals surface area contributed by atoms with Crippen LogP contribution in [0.3, 0.4) is 0 Å². The molecule has 2 N–H and O–H groups in total. The van der Waals surface area contributed by atoms with Gasteiger partial charge >= 0.3 is 0 Å². The number of rotatable bonds is 5. The molecule has 2 fully saturated rings. The van der Waals surface area contributed by atoms with Gasteiger partial charge in [0.1, 0.15) is 11.5 Å². The lowest BCUT2D eigenvalue weighted by Gasteiger charge is -2.29. The summed E-state index contributed by atoms with van der Waals surface area (Å²) < 4.78 is 1.92. The Balaban J connectivity index is 1.39. The highest BCUT2D eigenvalue weighted by Crippen LogP contribution is 2.34. The molecule has 3 aromatic heterocycles. The molecule has 6 rings (SSSR count). The van der Waals surface area contributed by atoms with E-state index in [0.717, 1.165) is 79.6 Å². The fourth-order valence-corrected chi connectivity index (χ4v) is 5.52. The maximum absolute atomic E-state index is 13.9. The first-order valence-electron chi connectivity index (χ1n) is 12.8. The summed E-state index contributed by atoms with van der Waals surface area (Å²) in [6, 6.07) is 14.1. The quantitative estimate of drug-likeness (QED) is 0.436. The fourth-order valence-electron chi connectivity index (χ4n) is 5.52. The summed E-state index contributed by atoms with van der Waals surface area (Å²) in [5, 5.41) is 7.53. The van der Waals surface area contributed by atoms with Crippen molar-refractivity contribution in [1.82, 2.24) is 24.8 Å². The van der Waals surface area contributed by atoms with Gasteiger partial charge in [-0.05, 0) is 43.0 Å². The summed E-state index contributed by atoms with van der Waals surface area (Å²) in [6.45, 7) is 5.92. The van der Waals surface area contributed by atoms with E-state index >= 15 is 0 Å². The highest BCUT2D eigenvalue weighted by molar-refractivity contribution is 5.86. The van der Waals surface area contributed by atoms with Gasteiger partial charge in [0, 0.05) is 43.8 Å². The number of hydrogen-bond acceptors (Lipinski definition) is 7. The third-order valence-electron chi connectivity index (χ3n) is 7.43. The van der Waals surface area contributed by atoms with Crippen LogP contribution in [0.1, 0.15) is 37.3 Å². The van der Waals surface area contributed by atoms with Crippen LogP contribution in [-0.4, -0.2) is 45.7 Å². The highest BCUT2D eigenvalue weighted by Gasteiger charge is 2.25. The predicted molar refractivity (Wildman–Crippen MR) is 144 cm³/mol. The number of aryl methyl sites for hydroxylation is 1. The number of hydrogen-bond donors (Lipinski definition) is 2.